The third-order valence-electron chi connectivity index (χ3n) is 3.39. The zero-order valence-electron chi connectivity index (χ0n) is 11.7. The number of amides is 1. The van der Waals surface area contributed by atoms with Crippen LogP contribution in [0.4, 0.5) is 11.4 Å². The molecule has 1 saturated carbocycles. The van der Waals surface area contributed by atoms with Crippen LogP contribution in [0, 0.1) is 10.1 Å². The van der Waals surface area contributed by atoms with Crippen LogP contribution in [-0.2, 0) is 4.74 Å². The number of nitrogens with zero attached hydrogens (tertiary/aromatic N) is 2. The Morgan fingerprint density at radius 2 is 2.29 bits per heavy atom. The molecule has 2 rings (SSSR count). The highest BCUT2D eigenvalue weighted by Crippen LogP contribution is 2.33. The van der Waals surface area contributed by atoms with E-state index in [0.29, 0.717) is 13.2 Å². The summed E-state index contributed by atoms with van der Waals surface area (Å²) in [6.45, 7) is 0.808. The van der Waals surface area contributed by atoms with Crippen molar-refractivity contribution in [2.75, 3.05) is 25.7 Å². The molecule has 0 saturated heterocycles. The molecular weight excluding hydrogens is 276 g/mol. The molecule has 8 heteroatoms. The minimum absolute atomic E-state index is 0.0402. The first kappa shape index (κ1) is 15.2. The van der Waals surface area contributed by atoms with Crippen molar-refractivity contribution in [3.05, 3.63) is 33.9 Å². The number of carbonyl (C=O) groups is 1. The van der Waals surface area contributed by atoms with E-state index >= 15 is 0 Å². The van der Waals surface area contributed by atoms with Crippen molar-refractivity contribution >= 4 is 17.3 Å². The van der Waals surface area contributed by atoms with E-state index in [2.05, 4.69) is 5.43 Å². The number of anilines is 1. The van der Waals surface area contributed by atoms with Crippen LogP contribution in [0.15, 0.2) is 18.2 Å². The monoisotopic (exact) mass is 294 g/mol. The molecular formula is C13H18N4O4. The average Bonchev–Trinajstić information content (AvgIpc) is 3.31. The van der Waals surface area contributed by atoms with Crippen LogP contribution in [0.25, 0.3) is 0 Å². The molecule has 0 spiro atoms. The molecule has 1 fully saturated rings. The topological polar surface area (TPSA) is 111 Å². The summed E-state index contributed by atoms with van der Waals surface area (Å²) < 4.78 is 5.00. The van der Waals surface area contributed by atoms with E-state index in [1.165, 1.54) is 12.1 Å². The van der Waals surface area contributed by atoms with Gasteiger partial charge in [-0.05, 0) is 25.0 Å². The number of nitrogens with two attached hydrogens (primary N) is 1. The van der Waals surface area contributed by atoms with Gasteiger partial charge in [-0.15, -0.1) is 0 Å². The smallest absolute Gasteiger partial charge is 0.306 e. The molecule has 0 atom stereocenters. The fourth-order valence-electron chi connectivity index (χ4n) is 2.21. The van der Waals surface area contributed by atoms with Gasteiger partial charge in [0.15, 0.2) is 0 Å². The summed E-state index contributed by atoms with van der Waals surface area (Å²) in [5.41, 5.74) is 2.12. The van der Waals surface area contributed by atoms with Gasteiger partial charge < -0.3 is 15.1 Å². The molecule has 1 aromatic rings. The number of nitrogen functional groups attached to an aromatic ring is 1. The van der Waals surface area contributed by atoms with Crippen molar-refractivity contribution < 1.29 is 14.5 Å². The highest BCUT2D eigenvalue weighted by molar-refractivity contribution is 6.00. The Morgan fingerprint density at radius 1 is 1.57 bits per heavy atom. The average molecular weight is 294 g/mol. The molecule has 0 unspecified atom stereocenters. The van der Waals surface area contributed by atoms with Gasteiger partial charge in [-0.25, -0.2) is 0 Å². The van der Waals surface area contributed by atoms with Crippen LogP contribution in [0.1, 0.15) is 23.2 Å². The zero-order chi connectivity index (χ0) is 15.4. The molecule has 1 aromatic carbocycles. The maximum Gasteiger partial charge on any atom is 0.306 e. The van der Waals surface area contributed by atoms with E-state index in [0.717, 1.165) is 12.8 Å². The van der Waals surface area contributed by atoms with Gasteiger partial charge in [0, 0.05) is 19.7 Å². The third kappa shape index (κ3) is 3.29. The van der Waals surface area contributed by atoms with Gasteiger partial charge >= 0.3 is 5.69 Å². The van der Waals surface area contributed by atoms with Crippen LogP contribution in [0.2, 0.25) is 0 Å². The van der Waals surface area contributed by atoms with Gasteiger partial charge in [0.25, 0.3) is 5.91 Å². The van der Waals surface area contributed by atoms with E-state index in [-0.39, 0.29) is 28.9 Å². The summed E-state index contributed by atoms with van der Waals surface area (Å²) in [5.74, 6) is 4.92. The second-order valence-corrected chi connectivity index (χ2v) is 4.83. The Bertz CT molecular complexity index is 545. The van der Waals surface area contributed by atoms with Gasteiger partial charge in [-0.1, -0.05) is 6.07 Å². The van der Waals surface area contributed by atoms with Gasteiger partial charge in [0.05, 0.1) is 11.5 Å². The molecule has 0 aromatic heterocycles. The predicted molar refractivity (Wildman–Crippen MR) is 76.8 cm³/mol. The lowest BCUT2D eigenvalue weighted by molar-refractivity contribution is -0.384. The van der Waals surface area contributed by atoms with Crippen molar-refractivity contribution in [3.8, 4) is 0 Å². The fraction of sp³-hybridized carbons (Fsp3) is 0.462. The Hall–Kier alpha value is -2.19. The highest BCUT2D eigenvalue weighted by atomic mass is 16.6. The number of hydrogen-bond acceptors (Lipinski definition) is 6. The minimum Gasteiger partial charge on any atom is -0.383 e. The lowest BCUT2D eigenvalue weighted by Crippen LogP contribution is -2.36. The summed E-state index contributed by atoms with van der Waals surface area (Å²) in [4.78, 5) is 24.9. The second-order valence-electron chi connectivity index (χ2n) is 4.83. The first-order valence-corrected chi connectivity index (χ1v) is 6.64. The second kappa shape index (κ2) is 6.51. The molecule has 114 valence electrons. The van der Waals surface area contributed by atoms with E-state index in [4.69, 9.17) is 10.6 Å². The summed E-state index contributed by atoms with van der Waals surface area (Å²) in [6.07, 6.45) is 1.83. The molecule has 1 amide bonds. The molecule has 21 heavy (non-hydrogen) atoms. The number of nitrogens with one attached hydrogen (secondary N) is 1. The van der Waals surface area contributed by atoms with Crippen LogP contribution >= 0.6 is 0 Å². The van der Waals surface area contributed by atoms with Gasteiger partial charge in [-0.2, -0.15) is 0 Å². The van der Waals surface area contributed by atoms with Crippen molar-refractivity contribution in [3.63, 3.8) is 0 Å². The molecule has 1 aliphatic rings. The maximum atomic E-state index is 12.6. The number of hydrazine groups is 1. The zero-order valence-corrected chi connectivity index (χ0v) is 11.7. The first-order chi connectivity index (χ1) is 10.1. The van der Waals surface area contributed by atoms with Crippen LogP contribution < -0.4 is 11.3 Å². The Morgan fingerprint density at radius 3 is 2.81 bits per heavy atom. The maximum absolute atomic E-state index is 12.6. The van der Waals surface area contributed by atoms with Crippen LogP contribution in [0.3, 0.4) is 0 Å². The lowest BCUT2D eigenvalue weighted by Gasteiger charge is -2.22. The SMILES string of the molecule is COCCN(C(=O)c1cccc(NN)c1[N+](=O)[O-])C1CC1. The molecule has 3 N–H and O–H groups in total. The molecule has 0 radical (unpaired) electrons. The van der Waals surface area contributed by atoms with Crippen molar-refractivity contribution in [2.45, 2.75) is 18.9 Å². The van der Waals surface area contributed by atoms with Gasteiger partial charge in [0.2, 0.25) is 0 Å². The molecule has 0 aliphatic heterocycles. The van der Waals surface area contributed by atoms with E-state index in [1.54, 1.807) is 18.1 Å². The number of rotatable bonds is 7. The number of hydrogen-bond donors (Lipinski definition) is 2. The van der Waals surface area contributed by atoms with Crippen molar-refractivity contribution in [1.29, 1.82) is 0 Å². The number of ether oxygens (including phenoxy) is 1. The number of methoxy groups -OCH3 is 1. The Labute approximate surface area is 122 Å². The fourth-order valence-corrected chi connectivity index (χ4v) is 2.21. The lowest BCUT2D eigenvalue weighted by atomic mass is 10.1. The number of nitro groups is 1. The van der Waals surface area contributed by atoms with Crippen LogP contribution in [0.5, 0.6) is 0 Å². The standard InChI is InChI=1S/C13H18N4O4/c1-21-8-7-16(9-5-6-9)13(18)10-3-2-4-11(15-14)12(10)17(19)20/h2-4,9,15H,5-8,14H2,1H3. The molecule has 8 nitrogen and oxygen atoms in total. The number of para-hydroxylation sites is 1. The quantitative estimate of drug-likeness (QED) is 0.443. The highest BCUT2D eigenvalue weighted by Gasteiger charge is 2.36. The summed E-state index contributed by atoms with van der Waals surface area (Å²) in [5, 5.41) is 11.2. The van der Waals surface area contributed by atoms with Gasteiger partial charge in [-0.3, -0.25) is 20.8 Å². The molecule has 1 aliphatic carbocycles. The third-order valence-corrected chi connectivity index (χ3v) is 3.39. The number of carbonyl (C=O) groups excluding carboxylic acids is 1. The number of benzene rings is 1. The van der Waals surface area contributed by atoms with E-state index in [1.807, 2.05) is 0 Å². The largest absolute Gasteiger partial charge is 0.383 e. The molecule has 0 bridgehead atoms. The minimum atomic E-state index is -0.593. The van der Waals surface area contributed by atoms with Crippen molar-refractivity contribution in [2.24, 2.45) is 5.84 Å². The van der Waals surface area contributed by atoms with Crippen molar-refractivity contribution in [1.82, 2.24) is 4.90 Å². The Balaban J connectivity index is 2.34. The molecule has 0 heterocycles. The normalized spacial score (nSPS) is 13.8. The first-order valence-electron chi connectivity index (χ1n) is 6.64. The summed E-state index contributed by atoms with van der Waals surface area (Å²) >= 11 is 0. The number of nitro benzene ring substituents is 1. The van der Waals surface area contributed by atoms with E-state index < -0.39 is 4.92 Å². The summed E-state index contributed by atoms with van der Waals surface area (Å²) in [7, 11) is 1.55. The van der Waals surface area contributed by atoms with E-state index in [9.17, 15) is 14.9 Å². The Kier molecular flexibility index (Phi) is 4.71. The van der Waals surface area contributed by atoms with Crippen LogP contribution in [-0.4, -0.2) is 42.0 Å². The predicted octanol–water partition coefficient (Wildman–Crippen LogP) is 1.13. The summed E-state index contributed by atoms with van der Waals surface area (Å²) in [6, 6.07) is 4.62. The van der Waals surface area contributed by atoms with Gasteiger partial charge in [0.1, 0.15) is 11.3 Å².